The van der Waals surface area contributed by atoms with Crippen LogP contribution in [0.25, 0.3) is 32.9 Å². The van der Waals surface area contributed by atoms with E-state index in [1.54, 1.807) is 24.4 Å². The largest absolute Gasteiger partial charge is 0.468 e. The number of ether oxygens (including phenoxy) is 3. The van der Waals surface area contributed by atoms with Crippen molar-refractivity contribution < 1.29 is 27.4 Å². The van der Waals surface area contributed by atoms with Gasteiger partial charge in [-0.05, 0) is 78.4 Å². The molecule has 0 radical (unpaired) electrons. The minimum Gasteiger partial charge on any atom is -0.468 e. The lowest BCUT2D eigenvalue weighted by molar-refractivity contribution is 0.0512. The van der Waals surface area contributed by atoms with Gasteiger partial charge >= 0.3 is 6.01 Å². The molecule has 0 N–H and O–H groups in total. The second kappa shape index (κ2) is 17.0. The van der Waals surface area contributed by atoms with E-state index in [9.17, 15) is 9.65 Å². The van der Waals surface area contributed by atoms with Gasteiger partial charge in [0.1, 0.15) is 49.4 Å². The van der Waals surface area contributed by atoms with E-state index in [0.717, 1.165) is 32.2 Å². The van der Waals surface area contributed by atoms with Crippen LogP contribution in [-0.4, -0.2) is 86.3 Å². The molecule has 13 heteroatoms. The highest BCUT2D eigenvalue weighted by atomic mass is 28.3. The van der Waals surface area contributed by atoms with Gasteiger partial charge in [-0.25, -0.2) is 13.2 Å². The molecule has 5 heterocycles. The van der Waals surface area contributed by atoms with E-state index in [1.165, 1.54) is 13.2 Å². The third-order valence-corrected chi connectivity index (χ3v) is 19.3. The molecular weight excluding hydrogens is 758 g/mol. The SMILES string of the molecule is COCOc1cc(-c2ncc3c(N4CCCC(CC#N)C4)nc(OC[C@@]45CCCN4C[C@H](F)C5)nc3c2F)c2c(C#C[Si](C(C)C)(C(C)C)C(C)C)c(F)ccc2c1. The van der Waals surface area contributed by atoms with Crippen LogP contribution in [-0.2, 0) is 4.74 Å². The number of nitrogens with zero attached hydrogens (tertiary/aromatic N) is 6. The Morgan fingerprint density at radius 1 is 1.00 bits per heavy atom. The number of methoxy groups -OCH3 is 1. The zero-order chi connectivity index (χ0) is 41.4. The van der Waals surface area contributed by atoms with Crippen molar-refractivity contribution in [3.05, 3.63) is 47.7 Å². The number of rotatable bonds is 12. The van der Waals surface area contributed by atoms with Gasteiger partial charge in [0.25, 0.3) is 0 Å². The molecule has 0 spiro atoms. The van der Waals surface area contributed by atoms with E-state index < -0.39 is 31.4 Å². The number of aromatic nitrogens is 3. The maximum absolute atomic E-state index is 17.6. The van der Waals surface area contributed by atoms with E-state index in [4.69, 9.17) is 29.2 Å². The van der Waals surface area contributed by atoms with E-state index in [2.05, 4.69) is 68.9 Å². The molecule has 9 nitrogen and oxygen atoms in total. The summed E-state index contributed by atoms with van der Waals surface area (Å²) in [5, 5.41) is 10.9. The summed E-state index contributed by atoms with van der Waals surface area (Å²) in [6, 6.07) is 8.75. The average Bonchev–Trinajstić information content (AvgIpc) is 3.72. The number of fused-ring (bicyclic) bond motifs is 3. The van der Waals surface area contributed by atoms with E-state index in [-0.39, 0.29) is 42.1 Å². The summed E-state index contributed by atoms with van der Waals surface area (Å²) in [6.07, 6.45) is 4.87. The smallest absolute Gasteiger partial charge is 0.319 e. The molecule has 3 aliphatic rings. The van der Waals surface area contributed by atoms with Crippen LogP contribution in [0.4, 0.5) is 19.0 Å². The Balaban J connectivity index is 1.43. The topological polar surface area (TPSA) is 96.6 Å². The normalized spacial score (nSPS) is 21.2. The van der Waals surface area contributed by atoms with Crippen LogP contribution in [0, 0.1) is 40.3 Å². The number of hydrogen-bond acceptors (Lipinski definition) is 9. The predicted octanol–water partition coefficient (Wildman–Crippen LogP) is 9.76. The molecule has 0 bridgehead atoms. The fraction of sp³-hybridized carbons (Fsp3) is 0.556. The van der Waals surface area contributed by atoms with Crippen molar-refractivity contribution in [1.82, 2.24) is 19.9 Å². The number of alkyl halides is 1. The number of hydrogen-bond donors (Lipinski definition) is 0. The van der Waals surface area contributed by atoms with Crippen LogP contribution in [0.2, 0.25) is 16.6 Å². The molecule has 308 valence electrons. The molecule has 0 saturated carbocycles. The summed E-state index contributed by atoms with van der Waals surface area (Å²) < 4.78 is 66.0. The Labute approximate surface area is 341 Å². The summed E-state index contributed by atoms with van der Waals surface area (Å²) in [4.78, 5) is 18.5. The molecule has 0 aliphatic carbocycles. The number of pyridine rings is 1. The zero-order valence-electron chi connectivity index (χ0n) is 34.8. The van der Waals surface area contributed by atoms with Crippen molar-refractivity contribution >= 4 is 35.6 Å². The van der Waals surface area contributed by atoms with Crippen molar-refractivity contribution in [3.8, 4) is 40.6 Å². The number of nitriles is 1. The quantitative estimate of drug-likeness (QED) is 0.0787. The van der Waals surface area contributed by atoms with Gasteiger partial charge in [0.2, 0.25) is 0 Å². The van der Waals surface area contributed by atoms with Gasteiger partial charge in [-0.3, -0.25) is 9.88 Å². The van der Waals surface area contributed by atoms with Gasteiger partial charge < -0.3 is 19.1 Å². The fourth-order valence-corrected chi connectivity index (χ4v) is 15.5. The van der Waals surface area contributed by atoms with E-state index in [1.807, 2.05) is 0 Å². The number of anilines is 1. The third kappa shape index (κ3) is 7.73. The van der Waals surface area contributed by atoms with E-state index in [0.29, 0.717) is 82.4 Å². The summed E-state index contributed by atoms with van der Waals surface area (Å²) >= 11 is 0. The molecule has 4 aromatic rings. The summed E-state index contributed by atoms with van der Waals surface area (Å²) in [6.45, 7) is 15.7. The molecule has 3 atom stereocenters. The van der Waals surface area contributed by atoms with Gasteiger partial charge in [0.15, 0.2) is 12.6 Å². The average molecular weight is 813 g/mol. The van der Waals surface area contributed by atoms with Gasteiger partial charge in [-0.15, -0.1) is 5.54 Å². The molecule has 1 unspecified atom stereocenters. The third-order valence-electron chi connectivity index (χ3n) is 13.0. The first-order valence-corrected chi connectivity index (χ1v) is 23.0. The Kier molecular flexibility index (Phi) is 12.3. The minimum atomic E-state index is -2.30. The van der Waals surface area contributed by atoms with Crippen LogP contribution in [0.3, 0.4) is 0 Å². The van der Waals surface area contributed by atoms with Crippen LogP contribution in [0.5, 0.6) is 11.8 Å². The Morgan fingerprint density at radius 2 is 1.78 bits per heavy atom. The molecule has 58 heavy (non-hydrogen) atoms. The molecule has 3 saturated heterocycles. The van der Waals surface area contributed by atoms with Gasteiger partial charge in [0, 0.05) is 56.7 Å². The first-order chi connectivity index (χ1) is 27.8. The van der Waals surface area contributed by atoms with Gasteiger partial charge in [-0.2, -0.15) is 15.2 Å². The molecule has 7 rings (SSSR count). The van der Waals surface area contributed by atoms with Crippen LogP contribution in [0.1, 0.15) is 85.6 Å². The maximum atomic E-state index is 17.6. The predicted molar refractivity (Wildman–Crippen MR) is 224 cm³/mol. The minimum absolute atomic E-state index is 0.00535. The molecule has 3 aliphatic heterocycles. The lowest BCUT2D eigenvalue weighted by Gasteiger charge is -2.38. The Hall–Kier alpha value is -4.43. The Morgan fingerprint density at radius 3 is 2.50 bits per heavy atom. The van der Waals surface area contributed by atoms with Gasteiger partial charge in [0.05, 0.1) is 22.6 Å². The molecule has 2 aromatic carbocycles. The zero-order valence-corrected chi connectivity index (χ0v) is 35.8. The van der Waals surface area contributed by atoms with Crippen LogP contribution < -0.4 is 14.4 Å². The van der Waals surface area contributed by atoms with Gasteiger partial charge in [-0.1, -0.05) is 53.5 Å². The van der Waals surface area contributed by atoms with Crippen molar-refractivity contribution in [3.63, 3.8) is 0 Å². The second-order valence-corrected chi connectivity index (χ2v) is 23.0. The maximum Gasteiger partial charge on any atom is 0.319 e. The molecule has 2 aromatic heterocycles. The van der Waals surface area contributed by atoms with Crippen LogP contribution in [0.15, 0.2) is 30.5 Å². The molecule has 0 amide bonds. The van der Waals surface area contributed by atoms with Crippen molar-refractivity contribution in [2.24, 2.45) is 5.92 Å². The number of benzene rings is 2. The van der Waals surface area contributed by atoms with Crippen LogP contribution >= 0.6 is 0 Å². The standard InChI is InChI=1S/C45H55F3N6O3Si/c1-28(2)58(29(3)4,30(5)6)19-14-35-38(47)12-11-32-20-34(57-27-55-7)21-36(39(32)35)41-40(48)42-37(23-50-41)43(53-17-8-10-31(24-53)13-16-49)52-44(51-42)56-26-45-15-9-18-54(45)25-33(46)22-45/h11-12,20-21,23,28-31,33H,8-10,13,15,17-18,22,24-27H2,1-7H3/t31?,33-,45+/m1/s1. The monoisotopic (exact) mass is 812 g/mol. The lowest BCUT2D eigenvalue weighted by atomic mass is 9.95. The Bertz CT molecular complexity index is 2250. The number of piperidine rings is 1. The first kappa shape index (κ1) is 41.7. The van der Waals surface area contributed by atoms with Crippen molar-refractivity contribution in [1.29, 1.82) is 5.26 Å². The highest BCUT2D eigenvalue weighted by Crippen LogP contribution is 2.44. The van der Waals surface area contributed by atoms with Crippen molar-refractivity contribution in [2.45, 2.75) is 108 Å². The summed E-state index contributed by atoms with van der Waals surface area (Å²) in [7, 11) is -0.787. The fourth-order valence-electron chi connectivity index (χ4n) is 10.3. The highest BCUT2D eigenvalue weighted by Gasteiger charge is 2.49. The first-order valence-electron chi connectivity index (χ1n) is 20.7. The van der Waals surface area contributed by atoms with Crippen molar-refractivity contribution in [2.75, 3.05) is 51.6 Å². The summed E-state index contributed by atoms with van der Waals surface area (Å²) in [5.41, 5.74) is 4.56. The molecule has 3 fully saturated rings. The number of halogens is 3. The highest BCUT2D eigenvalue weighted by molar-refractivity contribution is 6.90. The molecular formula is C45H55F3N6O3Si. The second-order valence-electron chi connectivity index (χ2n) is 17.4. The summed E-state index contributed by atoms with van der Waals surface area (Å²) in [5.74, 6) is 3.06. The van der Waals surface area contributed by atoms with E-state index >= 15 is 8.78 Å². The lowest BCUT2D eigenvalue weighted by Crippen LogP contribution is -2.43.